The lowest BCUT2D eigenvalue weighted by Crippen LogP contribution is -2.08. The highest BCUT2D eigenvalue weighted by Crippen LogP contribution is 2.29. The molecule has 2 aromatic rings. The number of pyridine rings is 2. The van der Waals surface area contributed by atoms with Crippen molar-refractivity contribution in [2.75, 3.05) is 0 Å². The Bertz CT molecular complexity index is 523. The van der Waals surface area contributed by atoms with Crippen molar-refractivity contribution in [1.82, 2.24) is 9.97 Å². The number of hydrogen-bond donors (Lipinski definition) is 1. The van der Waals surface area contributed by atoms with Crippen LogP contribution in [0.3, 0.4) is 0 Å². The van der Waals surface area contributed by atoms with E-state index in [0.29, 0.717) is 0 Å². The molecular formula is C11H6F3N2O. The average Bonchev–Trinajstić information content (AvgIpc) is 2.29. The second-order valence-electron chi connectivity index (χ2n) is 3.23. The van der Waals surface area contributed by atoms with Gasteiger partial charge in [0.05, 0.1) is 5.69 Å². The van der Waals surface area contributed by atoms with Gasteiger partial charge in [0.25, 0.3) is 0 Å². The molecule has 17 heavy (non-hydrogen) atoms. The number of alkyl halides is 3. The van der Waals surface area contributed by atoms with E-state index in [-0.39, 0.29) is 17.1 Å². The van der Waals surface area contributed by atoms with Crippen LogP contribution in [0.1, 0.15) is 5.69 Å². The fourth-order valence-electron chi connectivity index (χ4n) is 1.24. The van der Waals surface area contributed by atoms with Crippen LogP contribution in [-0.4, -0.2) is 15.1 Å². The van der Waals surface area contributed by atoms with Gasteiger partial charge in [0.1, 0.15) is 11.9 Å². The molecule has 1 radical (unpaired) electrons. The molecule has 0 atom stereocenters. The van der Waals surface area contributed by atoms with Crippen LogP contribution in [0, 0.1) is 6.20 Å². The number of rotatable bonds is 1. The zero-order valence-electron chi connectivity index (χ0n) is 8.36. The topological polar surface area (TPSA) is 46.0 Å². The van der Waals surface area contributed by atoms with E-state index >= 15 is 0 Å². The largest absolute Gasteiger partial charge is 0.493 e. The van der Waals surface area contributed by atoms with Crippen molar-refractivity contribution in [3.8, 4) is 17.1 Å². The van der Waals surface area contributed by atoms with Crippen LogP contribution >= 0.6 is 0 Å². The molecule has 0 aliphatic heterocycles. The van der Waals surface area contributed by atoms with Crippen molar-refractivity contribution < 1.29 is 18.3 Å². The highest BCUT2D eigenvalue weighted by Gasteiger charge is 2.32. The first-order chi connectivity index (χ1) is 7.97. The summed E-state index contributed by atoms with van der Waals surface area (Å²) in [6.45, 7) is 0. The molecule has 2 heterocycles. The lowest BCUT2D eigenvalue weighted by Gasteiger charge is -2.07. The summed E-state index contributed by atoms with van der Waals surface area (Å²) < 4.78 is 37.3. The molecule has 2 rings (SSSR count). The van der Waals surface area contributed by atoms with Crippen LogP contribution in [0.5, 0.6) is 5.88 Å². The molecule has 6 heteroatoms. The van der Waals surface area contributed by atoms with E-state index in [9.17, 15) is 13.2 Å². The Morgan fingerprint density at radius 1 is 1.12 bits per heavy atom. The van der Waals surface area contributed by atoms with Crippen molar-refractivity contribution >= 4 is 0 Å². The fourth-order valence-corrected chi connectivity index (χ4v) is 1.24. The van der Waals surface area contributed by atoms with Crippen molar-refractivity contribution in [3.63, 3.8) is 0 Å². The third-order valence-electron chi connectivity index (χ3n) is 2.01. The highest BCUT2D eigenvalue weighted by molar-refractivity contribution is 5.57. The molecule has 3 nitrogen and oxygen atoms in total. The summed E-state index contributed by atoms with van der Waals surface area (Å²) in [5.41, 5.74) is -0.585. The summed E-state index contributed by atoms with van der Waals surface area (Å²) in [6.07, 6.45) is -2.08. The Labute approximate surface area is 94.6 Å². The van der Waals surface area contributed by atoms with E-state index in [2.05, 4.69) is 16.2 Å². The lowest BCUT2D eigenvalue weighted by molar-refractivity contribution is -0.141. The van der Waals surface area contributed by atoms with E-state index in [4.69, 9.17) is 5.11 Å². The monoisotopic (exact) mass is 239 g/mol. The molecule has 87 valence electrons. The second-order valence-corrected chi connectivity index (χ2v) is 3.23. The van der Waals surface area contributed by atoms with Crippen LogP contribution in [0.2, 0.25) is 0 Å². The summed E-state index contributed by atoms with van der Waals surface area (Å²) in [4.78, 5) is 6.92. The molecule has 0 saturated heterocycles. The lowest BCUT2D eigenvalue weighted by atomic mass is 10.2. The molecule has 0 bridgehead atoms. The van der Waals surface area contributed by atoms with Crippen LogP contribution in [0.25, 0.3) is 11.3 Å². The van der Waals surface area contributed by atoms with Gasteiger partial charge in [-0.1, -0.05) is 6.07 Å². The summed E-state index contributed by atoms with van der Waals surface area (Å²) in [5.74, 6) is -0.249. The highest BCUT2D eigenvalue weighted by atomic mass is 19.4. The van der Waals surface area contributed by atoms with Gasteiger partial charge in [0.2, 0.25) is 5.88 Å². The molecular weight excluding hydrogens is 233 g/mol. The molecule has 2 aromatic heterocycles. The fraction of sp³-hybridized carbons (Fsp3) is 0.0909. The molecule has 0 saturated carbocycles. The third kappa shape index (κ3) is 2.52. The van der Waals surface area contributed by atoms with E-state index in [1.54, 1.807) is 0 Å². The minimum Gasteiger partial charge on any atom is -0.493 e. The Balaban J connectivity index is 2.43. The first-order valence-electron chi connectivity index (χ1n) is 4.59. The number of hydrogen-bond acceptors (Lipinski definition) is 3. The van der Waals surface area contributed by atoms with Gasteiger partial charge in [0, 0.05) is 11.6 Å². The van der Waals surface area contributed by atoms with Crippen molar-refractivity contribution in [2.24, 2.45) is 0 Å². The minimum absolute atomic E-state index is 0.104. The first kappa shape index (κ1) is 11.4. The van der Waals surface area contributed by atoms with E-state index < -0.39 is 11.9 Å². The summed E-state index contributed by atoms with van der Waals surface area (Å²) in [7, 11) is 0. The minimum atomic E-state index is -4.49. The first-order valence-corrected chi connectivity index (χ1v) is 4.59. The van der Waals surface area contributed by atoms with Gasteiger partial charge in [-0.05, 0) is 18.2 Å². The van der Waals surface area contributed by atoms with Crippen LogP contribution < -0.4 is 0 Å². The Morgan fingerprint density at radius 2 is 1.88 bits per heavy atom. The normalized spacial score (nSPS) is 11.5. The van der Waals surface area contributed by atoms with Gasteiger partial charge in [-0.3, -0.25) is 0 Å². The second kappa shape index (κ2) is 4.04. The van der Waals surface area contributed by atoms with E-state index in [1.807, 2.05) is 0 Å². The smallest absolute Gasteiger partial charge is 0.433 e. The summed E-state index contributed by atoms with van der Waals surface area (Å²) >= 11 is 0. The Morgan fingerprint density at radius 3 is 2.47 bits per heavy atom. The Kier molecular flexibility index (Phi) is 2.71. The van der Waals surface area contributed by atoms with Gasteiger partial charge in [-0.2, -0.15) is 13.2 Å². The zero-order chi connectivity index (χ0) is 12.5. The average molecular weight is 239 g/mol. The van der Waals surface area contributed by atoms with Crippen molar-refractivity contribution in [1.29, 1.82) is 0 Å². The van der Waals surface area contributed by atoms with Crippen molar-refractivity contribution in [2.45, 2.75) is 6.18 Å². The summed E-state index contributed by atoms with van der Waals surface area (Å²) in [6, 6.07) is 6.21. The molecule has 0 aliphatic rings. The zero-order valence-corrected chi connectivity index (χ0v) is 8.36. The molecule has 0 aliphatic carbocycles. The number of halogens is 3. The van der Waals surface area contributed by atoms with Crippen LogP contribution in [0.4, 0.5) is 13.2 Å². The van der Waals surface area contributed by atoms with E-state index in [0.717, 1.165) is 6.07 Å². The number of nitrogens with zero attached hydrogens (tertiary/aromatic N) is 2. The third-order valence-corrected chi connectivity index (χ3v) is 2.01. The molecule has 1 N–H and O–H groups in total. The number of aromatic nitrogens is 2. The van der Waals surface area contributed by atoms with Crippen LogP contribution in [-0.2, 0) is 6.18 Å². The van der Waals surface area contributed by atoms with Gasteiger partial charge in [0.15, 0.2) is 0 Å². The number of aromatic hydroxyl groups is 1. The van der Waals surface area contributed by atoms with Gasteiger partial charge >= 0.3 is 6.18 Å². The quantitative estimate of drug-likeness (QED) is 0.832. The molecule has 0 unspecified atom stereocenters. The maximum Gasteiger partial charge on any atom is 0.433 e. The predicted octanol–water partition coefficient (Wildman–Crippen LogP) is 2.67. The van der Waals surface area contributed by atoms with Gasteiger partial charge in [-0.25, -0.2) is 9.97 Å². The van der Waals surface area contributed by atoms with Gasteiger partial charge in [-0.15, -0.1) is 0 Å². The SMILES string of the molecule is Oc1ccc(-c2cccc(C(F)(F)F)n2)[c]n1. The predicted molar refractivity (Wildman–Crippen MR) is 53.0 cm³/mol. The van der Waals surface area contributed by atoms with Crippen molar-refractivity contribution in [3.05, 3.63) is 42.2 Å². The van der Waals surface area contributed by atoms with E-state index in [1.165, 1.54) is 24.3 Å². The maximum absolute atomic E-state index is 12.4. The summed E-state index contributed by atoms with van der Waals surface area (Å²) in [5, 5.41) is 8.94. The molecule has 0 fully saturated rings. The van der Waals surface area contributed by atoms with Gasteiger partial charge < -0.3 is 5.11 Å². The maximum atomic E-state index is 12.4. The molecule has 0 amide bonds. The van der Waals surface area contributed by atoms with Crippen LogP contribution in [0.15, 0.2) is 30.3 Å². The Hall–Kier alpha value is -2.11. The molecule has 0 spiro atoms. The standard InChI is InChI=1S/C11H6F3N2O/c12-11(13,14)9-3-1-2-8(16-9)7-4-5-10(17)15-6-7/h1-5H,(H,15,17). The molecule has 0 aromatic carbocycles.